The molecule has 140 valence electrons. The number of carboxylic acids is 1. The van der Waals surface area contributed by atoms with E-state index in [-0.39, 0.29) is 22.1 Å². The van der Waals surface area contributed by atoms with Gasteiger partial charge >= 0.3 is 5.97 Å². The fourth-order valence-corrected chi connectivity index (χ4v) is 5.61. The molecule has 1 aliphatic heterocycles. The van der Waals surface area contributed by atoms with Gasteiger partial charge in [0.1, 0.15) is 10.6 Å². The van der Waals surface area contributed by atoms with Crippen molar-refractivity contribution < 1.29 is 31.5 Å². The standard InChI is InChI=1S/C15H21NO7S2/c1-10-12(15(17)18)5-4-8-16(10)25(21,22)14-9-11(24(3,19)20)6-7-13(14)23-2/h6-7,9-10,12H,4-5,8H2,1-3H3,(H,17,18)/t10-,12-/m0/s1. The molecule has 0 unspecified atom stereocenters. The van der Waals surface area contributed by atoms with E-state index >= 15 is 0 Å². The number of benzene rings is 1. The third kappa shape index (κ3) is 3.80. The molecule has 2 atom stereocenters. The van der Waals surface area contributed by atoms with E-state index in [4.69, 9.17) is 4.74 Å². The second-order valence-corrected chi connectivity index (χ2v) is 9.90. The number of carbonyl (C=O) groups is 1. The van der Waals surface area contributed by atoms with Crippen molar-refractivity contribution in [1.29, 1.82) is 0 Å². The van der Waals surface area contributed by atoms with Crippen LogP contribution in [0.5, 0.6) is 5.75 Å². The molecule has 25 heavy (non-hydrogen) atoms. The number of hydrogen-bond acceptors (Lipinski definition) is 6. The Bertz CT molecular complexity index is 877. The Morgan fingerprint density at radius 1 is 1.28 bits per heavy atom. The molecular weight excluding hydrogens is 370 g/mol. The largest absolute Gasteiger partial charge is 0.495 e. The zero-order valence-electron chi connectivity index (χ0n) is 14.2. The van der Waals surface area contributed by atoms with Crippen LogP contribution in [-0.2, 0) is 24.7 Å². The third-order valence-corrected chi connectivity index (χ3v) is 7.51. The van der Waals surface area contributed by atoms with E-state index in [1.165, 1.54) is 19.2 Å². The molecule has 0 radical (unpaired) electrons. The maximum atomic E-state index is 13.1. The summed E-state index contributed by atoms with van der Waals surface area (Å²) in [5.41, 5.74) is 0. The van der Waals surface area contributed by atoms with Crippen LogP contribution in [0.1, 0.15) is 19.8 Å². The van der Waals surface area contributed by atoms with E-state index < -0.39 is 37.8 Å². The van der Waals surface area contributed by atoms with Crippen molar-refractivity contribution in [3.05, 3.63) is 18.2 Å². The van der Waals surface area contributed by atoms with Crippen LogP contribution in [0, 0.1) is 5.92 Å². The highest BCUT2D eigenvalue weighted by atomic mass is 32.2. The molecule has 1 fully saturated rings. The van der Waals surface area contributed by atoms with Crippen LogP contribution in [0.25, 0.3) is 0 Å². The van der Waals surface area contributed by atoms with Crippen molar-refractivity contribution in [1.82, 2.24) is 4.31 Å². The molecule has 1 aliphatic rings. The summed E-state index contributed by atoms with van der Waals surface area (Å²) in [5, 5.41) is 9.29. The van der Waals surface area contributed by atoms with Crippen LogP contribution in [0.2, 0.25) is 0 Å². The van der Waals surface area contributed by atoms with Gasteiger partial charge in [0, 0.05) is 18.8 Å². The molecule has 0 aromatic heterocycles. The van der Waals surface area contributed by atoms with Gasteiger partial charge < -0.3 is 9.84 Å². The van der Waals surface area contributed by atoms with Gasteiger partial charge in [0.2, 0.25) is 10.0 Å². The lowest BCUT2D eigenvalue weighted by Gasteiger charge is -2.36. The summed E-state index contributed by atoms with van der Waals surface area (Å²) in [7, 11) is -6.45. The maximum absolute atomic E-state index is 13.1. The summed E-state index contributed by atoms with van der Waals surface area (Å²) >= 11 is 0. The molecule has 1 heterocycles. The quantitative estimate of drug-likeness (QED) is 0.794. The predicted molar refractivity (Wildman–Crippen MR) is 89.8 cm³/mol. The van der Waals surface area contributed by atoms with Crippen molar-refractivity contribution in [2.45, 2.75) is 35.6 Å². The van der Waals surface area contributed by atoms with E-state index in [9.17, 15) is 26.7 Å². The van der Waals surface area contributed by atoms with Crippen LogP contribution in [0.3, 0.4) is 0 Å². The summed E-state index contributed by atoms with van der Waals surface area (Å²) in [6, 6.07) is 2.86. The van der Waals surface area contributed by atoms with Gasteiger partial charge in [-0.25, -0.2) is 16.8 Å². The van der Waals surface area contributed by atoms with E-state index in [0.29, 0.717) is 12.8 Å². The number of piperidine rings is 1. The highest BCUT2D eigenvalue weighted by molar-refractivity contribution is 7.91. The summed E-state index contributed by atoms with van der Waals surface area (Å²) in [4.78, 5) is 10.9. The highest BCUT2D eigenvalue weighted by Gasteiger charge is 2.40. The third-order valence-electron chi connectivity index (χ3n) is 4.40. The molecule has 2 rings (SSSR count). The molecule has 0 amide bonds. The number of carboxylic acid groups (broad SMARTS) is 1. The molecule has 1 aromatic carbocycles. The predicted octanol–water partition coefficient (Wildman–Crippen LogP) is 0.972. The fourth-order valence-electron chi connectivity index (χ4n) is 3.00. The Labute approximate surface area is 147 Å². The minimum atomic E-state index is -4.12. The molecule has 10 heteroatoms. The maximum Gasteiger partial charge on any atom is 0.308 e. The molecule has 0 spiro atoms. The van der Waals surface area contributed by atoms with Crippen molar-refractivity contribution in [3.63, 3.8) is 0 Å². The second-order valence-electron chi connectivity index (χ2n) is 6.03. The zero-order chi connectivity index (χ0) is 19.0. The molecule has 1 saturated heterocycles. The first-order valence-electron chi connectivity index (χ1n) is 7.63. The van der Waals surface area contributed by atoms with E-state index in [2.05, 4.69) is 0 Å². The van der Waals surface area contributed by atoms with Crippen molar-refractivity contribution >= 4 is 25.8 Å². The Morgan fingerprint density at radius 2 is 1.92 bits per heavy atom. The Morgan fingerprint density at radius 3 is 2.44 bits per heavy atom. The number of sulfonamides is 1. The Hall–Kier alpha value is -1.65. The summed E-state index contributed by atoms with van der Waals surface area (Å²) < 4.78 is 55.9. The van der Waals surface area contributed by atoms with Crippen LogP contribution in [0.15, 0.2) is 28.0 Å². The van der Waals surface area contributed by atoms with E-state index in [1.54, 1.807) is 6.92 Å². The second kappa shape index (κ2) is 6.93. The minimum absolute atomic E-state index is 0.0112. The number of sulfone groups is 1. The number of nitrogens with zero attached hydrogens (tertiary/aromatic N) is 1. The number of aliphatic carboxylic acids is 1. The van der Waals surface area contributed by atoms with Gasteiger partial charge in [-0.2, -0.15) is 4.31 Å². The molecule has 8 nitrogen and oxygen atoms in total. The number of rotatable bonds is 5. The van der Waals surface area contributed by atoms with Crippen LogP contribution in [0.4, 0.5) is 0 Å². The fraction of sp³-hybridized carbons (Fsp3) is 0.533. The lowest BCUT2D eigenvalue weighted by Crippen LogP contribution is -2.49. The van der Waals surface area contributed by atoms with Crippen LogP contribution in [-0.4, -0.2) is 58.2 Å². The van der Waals surface area contributed by atoms with Crippen LogP contribution < -0.4 is 4.74 Å². The smallest absolute Gasteiger partial charge is 0.308 e. The van der Waals surface area contributed by atoms with Crippen molar-refractivity contribution in [3.8, 4) is 5.75 Å². The number of ether oxygens (including phenoxy) is 1. The van der Waals surface area contributed by atoms with Gasteiger partial charge in [0.25, 0.3) is 0 Å². The van der Waals surface area contributed by atoms with Gasteiger partial charge in [0.15, 0.2) is 9.84 Å². The highest BCUT2D eigenvalue weighted by Crippen LogP contribution is 2.34. The summed E-state index contributed by atoms with van der Waals surface area (Å²) in [5.74, 6) is -1.85. The Balaban J connectivity index is 2.57. The van der Waals surface area contributed by atoms with Gasteiger partial charge in [-0.15, -0.1) is 0 Å². The summed E-state index contributed by atoms with van der Waals surface area (Å²) in [6.45, 7) is 1.71. The number of methoxy groups -OCH3 is 1. The van der Waals surface area contributed by atoms with E-state index in [0.717, 1.165) is 16.6 Å². The Kier molecular flexibility index (Phi) is 5.45. The van der Waals surface area contributed by atoms with Gasteiger partial charge in [-0.05, 0) is 38.0 Å². The van der Waals surface area contributed by atoms with Gasteiger partial charge in [0.05, 0.1) is 17.9 Å². The minimum Gasteiger partial charge on any atom is -0.495 e. The number of hydrogen-bond donors (Lipinski definition) is 1. The van der Waals surface area contributed by atoms with Gasteiger partial charge in [-0.3, -0.25) is 4.79 Å². The molecular formula is C15H21NO7S2. The molecule has 1 aromatic rings. The molecule has 0 saturated carbocycles. The average molecular weight is 391 g/mol. The topological polar surface area (TPSA) is 118 Å². The van der Waals surface area contributed by atoms with E-state index in [1.807, 2.05) is 0 Å². The first-order valence-corrected chi connectivity index (χ1v) is 11.0. The van der Waals surface area contributed by atoms with Crippen molar-refractivity contribution in [2.75, 3.05) is 19.9 Å². The zero-order valence-corrected chi connectivity index (χ0v) is 15.8. The average Bonchev–Trinajstić information content (AvgIpc) is 2.53. The first kappa shape index (κ1) is 19.7. The van der Waals surface area contributed by atoms with Crippen LogP contribution >= 0.6 is 0 Å². The van der Waals surface area contributed by atoms with Gasteiger partial charge in [-0.1, -0.05) is 0 Å². The summed E-state index contributed by atoms with van der Waals surface area (Å²) in [6.07, 6.45) is 1.78. The molecule has 0 bridgehead atoms. The molecule has 1 N–H and O–H groups in total. The SMILES string of the molecule is COc1ccc(S(C)(=O)=O)cc1S(=O)(=O)N1CCC[C@H](C(=O)O)[C@@H]1C. The first-order chi connectivity index (χ1) is 11.5. The normalized spacial score (nSPS) is 22.5. The molecule has 0 aliphatic carbocycles. The lowest BCUT2D eigenvalue weighted by molar-refractivity contribution is -0.144. The lowest BCUT2D eigenvalue weighted by atomic mass is 9.92. The van der Waals surface area contributed by atoms with Crippen molar-refractivity contribution in [2.24, 2.45) is 5.92 Å². The monoisotopic (exact) mass is 391 g/mol.